The van der Waals surface area contributed by atoms with Gasteiger partial charge in [-0.2, -0.15) is 0 Å². The average molecular weight is 901 g/mol. The van der Waals surface area contributed by atoms with Crippen LogP contribution in [0.3, 0.4) is 0 Å². The quantitative estimate of drug-likeness (QED) is 0.0319. The minimum absolute atomic E-state index is 0.0489. The zero-order valence-electron chi connectivity index (χ0n) is 34.4. The van der Waals surface area contributed by atoms with Crippen LogP contribution in [0.4, 0.5) is 0 Å². The number of benzene rings is 1. The van der Waals surface area contributed by atoms with E-state index in [9.17, 15) is 69.9 Å². The Bertz CT molecular complexity index is 1340. The van der Waals surface area contributed by atoms with E-state index >= 15 is 0 Å². The van der Waals surface area contributed by atoms with E-state index in [0.717, 1.165) is 15.4 Å². The Morgan fingerprint density at radius 2 is 0.935 bits per heavy atom. The minimum Gasteiger partial charge on any atom is -0.549 e. The van der Waals surface area contributed by atoms with Crippen molar-refractivity contribution < 1.29 is 116 Å². The lowest BCUT2D eigenvalue weighted by Crippen LogP contribution is -2.83. The maximum absolute atomic E-state index is 11.7. The second-order valence-corrected chi connectivity index (χ2v) is 13.7. The highest BCUT2D eigenvalue weighted by atomic mass is 16.5. The van der Waals surface area contributed by atoms with E-state index in [1.54, 1.807) is 55.1 Å². The molecule has 0 aliphatic rings. The summed E-state index contributed by atoms with van der Waals surface area (Å²) in [5.41, 5.74) is 0.749. The molecule has 14 N–H and O–H groups in total. The standard InChI is InChI=1S/C22H31N3O11.2C7H17NO5/c26-18(27)10-23(6-7-24(11-19(28)29)12-20(30)31)8-9-25(13-21(32)33)17(22(34)35)15-36-14-16-4-2-1-3-5-16;2*1-8-2-4(10)6(12)7(13)5(11)3-9/h1-5,17H,6-15H2,(H,26,27)(H,28,29)(H,30,31)(H,32,33)(H,34,35);2*4-13H,2-3H2,1H3/p-3/t;2*4-,5+,6+,7+/m.00/s1. The molecule has 0 saturated heterocycles. The molecule has 26 nitrogen and oxygen atoms in total. The molecule has 0 saturated carbocycles. The molecule has 0 aliphatic heterocycles. The molecule has 0 heterocycles. The van der Waals surface area contributed by atoms with Crippen molar-refractivity contribution >= 4 is 29.8 Å². The lowest BCUT2D eigenvalue weighted by molar-refractivity contribution is -0.635. The number of aliphatic carboxylic acids is 5. The van der Waals surface area contributed by atoms with Crippen LogP contribution in [-0.4, -0.2) is 250 Å². The van der Waals surface area contributed by atoms with Gasteiger partial charge >= 0.3 is 0 Å². The number of carboxylic acid groups (broad SMARTS) is 5. The molecule has 1 aromatic rings. The number of likely N-dealkylation sites (N-methyl/N-ethyl adjacent to an activating group) is 2. The zero-order chi connectivity index (χ0) is 47.9. The molecule has 1 rings (SSSR count). The second kappa shape index (κ2) is 34.4. The van der Waals surface area contributed by atoms with E-state index in [2.05, 4.69) is 0 Å². The predicted molar refractivity (Wildman–Crippen MR) is 197 cm³/mol. The summed E-state index contributed by atoms with van der Waals surface area (Å²) in [6.07, 6.45) is -11.1. The van der Waals surface area contributed by atoms with Gasteiger partial charge in [0.1, 0.15) is 61.9 Å². The van der Waals surface area contributed by atoms with E-state index in [-0.39, 0.29) is 45.9 Å². The van der Waals surface area contributed by atoms with E-state index < -0.39 is 131 Å². The third kappa shape index (κ3) is 27.8. The number of quaternary nitrogens is 2. The molecule has 360 valence electrons. The van der Waals surface area contributed by atoms with Crippen LogP contribution < -0.4 is 36.2 Å². The highest BCUT2D eigenvalue weighted by molar-refractivity contribution is 5.73. The van der Waals surface area contributed by atoms with E-state index in [0.29, 0.717) is 0 Å². The van der Waals surface area contributed by atoms with Crippen molar-refractivity contribution in [3.63, 3.8) is 0 Å². The third-order valence-corrected chi connectivity index (χ3v) is 8.53. The first-order valence-electron chi connectivity index (χ1n) is 19.1. The number of carbonyl (C=O) groups is 5. The van der Waals surface area contributed by atoms with Crippen LogP contribution >= 0.6 is 0 Å². The van der Waals surface area contributed by atoms with Crippen LogP contribution in [0.15, 0.2) is 30.3 Å². The molecular weight excluding hydrogens is 838 g/mol. The van der Waals surface area contributed by atoms with Gasteiger partial charge in [-0.05, 0) is 5.56 Å². The SMILES string of the molecule is C[NH2+]C[C@H](O)[C@@H](O)[C@H](O)[C@H](O)CO.C[NH2+]C[C@H](O)[C@@H](O)[C@H](O)[C@H](O)CO.O=C([O-])CN(CCN(CC(=O)[O-])CC(=O)[O-])CCN(CC(=O)[O-])C(COCc1ccccc1)C(=O)[O-]. The fourth-order valence-corrected chi connectivity index (χ4v) is 5.17. The number of aliphatic hydroxyl groups excluding tert-OH is 10. The number of carboxylic acids is 5. The topological polar surface area (TPSA) is 455 Å². The van der Waals surface area contributed by atoms with Gasteiger partial charge in [0.25, 0.3) is 0 Å². The van der Waals surface area contributed by atoms with Crippen LogP contribution in [0, 0.1) is 0 Å². The Kier molecular flexibility index (Phi) is 33.3. The van der Waals surface area contributed by atoms with Gasteiger partial charge in [0.05, 0.1) is 76.4 Å². The van der Waals surface area contributed by atoms with Crippen molar-refractivity contribution in [2.75, 3.05) is 99.4 Å². The Morgan fingerprint density at radius 3 is 1.31 bits per heavy atom. The van der Waals surface area contributed by atoms with Crippen LogP contribution in [0.25, 0.3) is 0 Å². The van der Waals surface area contributed by atoms with Crippen molar-refractivity contribution in [2.45, 2.75) is 61.5 Å². The van der Waals surface area contributed by atoms with Gasteiger partial charge in [-0.15, -0.1) is 0 Å². The molecule has 0 bridgehead atoms. The number of carbonyl (C=O) groups excluding carboxylic acids is 5. The van der Waals surface area contributed by atoms with Crippen LogP contribution in [0.5, 0.6) is 0 Å². The maximum Gasteiger partial charge on any atom is 0.131 e. The highest BCUT2D eigenvalue weighted by Crippen LogP contribution is 2.07. The summed E-state index contributed by atoms with van der Waals surface area (Å²) in [5, 5.41) is 149. The summed E-state index contributed by atoms with van der Waals surface area (Å²) in [5.74, 6) is -7.85. The van der Waals surface area contributed by atoms with E-state index in [4.69, 9.17) is 35.4 Å². The largest absolute Gasteiger partial charge is 0.549 e. The second-order valence-electron chi connectivity index (χ2n) is 13.7. The maximum atomic E-state index is 11.7. The number of rotatable bonds is 32. The zero-order valence-corrected chi connectivity index (χ0v) is 34.4. The Balaban J connectivity index is 0. The fourth-order valence-electron chi connectivity index (χ4n) is 5.17. The minimum atomic E-state index is -1.62. The summed E-state index contributed by atoms with van der Waals surface area (Å²) in [6, 6.07) is 7.27. The van der Waals surface area contributed by atoms with Crippen molar-refractivity contribution in [3.05, 3.63) is 35.9 Å². The van der Waals surface area contributed by atoms with Gasteiger partial charge in [0.2, 0.25) is 0 Å². The number of nitrogens with two attached hydrogens (primary N) is 2. The molecular formula is C36H62N5O21-3. The first kappa shape index (κ1) is 60.0. The van der Waals surface area contributed by atoms with Gasteiger partial charge in [0.15, 0.2) is 0 Å². The molecule has 1 unspecified atom stereocenters. The first-order valence-corrected chi connectivity index (χ1v) is 19.1. The van der Waals surface area contributed by atoms with Crippen molar-refractivity contribution in [3.8, 4) is 0 Å². The number of aliphatic hydroxyl groups is 10. The molecule has 0 aliphatic carbocycles. The molecule has 0 radical (unpaired) electrons. The molecule has 0 fully saturated rings. The Labute approximate surface area is 357 Å². The summed E-state index contributed by atoms with van der Waals surface area (Å²) in [7, 11) is 3.40. The Hall–Kier alpha value is -4.07. The van der Waals surface area contributed by atoms with Crippen LogP contribution in [-0.2, 0) is 35.3 Å². The summed E-state index contributed by atoms with van der Waals surface area (Å²) < 4.78 is 5.41. The normalized spacial score (nSPS) is 15.7. The van der Waals surface area contributed by atoms with E-state index in [1.165, 1.54) is 4.90 Å². The highest BCUT2D eigenvalue weighted by Gasteiger charge is 2.31. The fraction of sp³-hybridized carbons (Fsp3) is 0.694. The third-order valence-electron chi connectivity index (χ3n) is 8.53. The van der Waals surface area contributed by atoms with Gasteiger partial charge in [-0.25, -0.2) is 0 Å². The lowest BCUT2D eigenvalue weighted by Gasteiger charge is -2.35. The van der Waals surface area contributed by atoms with Gasteiger partial charge < -0.3 is 116 Å². The molecule has 0 amide bonds. The summed E-state index contributed by atoms with van der Waals surface area (Å²) >= 11 is 0. The van der Waals surface area contributed by atoms with Crippen molar-refractivity contribution in [1.82, 2.24) is 14.7 Å². The Morgan fingerprint density at radius 1 is 0.565 bits per heavy atom. The molecule has 1 aromatic carbocycles. The van der Waals surface area contributed by atoms with Crippen LogP contribution in [0.2, 0.25) is 0 Å². The van der Waals surface area contributed by atoms with Gasteiger partial charge in [-0.1, -0.05) is 30.3 Å². The summed E-state index contributed by atoms with van der Waals surface area (Å²) in [4.78, 5) is 58.8. The molecule has 62 heavy (non-hydrogen) atoms. The number of nitrogens with zero attached hydrogens (tertiary/aromatic N) is 3. The number of hydrogen-bond acceptors (Lipinski definition) is 24. The molecule has 0 spiro atoms. The molecule has 26 heteroatoms. The predicted octanol–water partition coefficient (Wildman–Crippen LogP) is -16.5. The van der Waals surface area contributed by atoms with Crippen molar-refractivity contribution in [2.24, 2.45) is 0 Å². The van der Waals surface area contributed by atoms with Gasteiger partial charge in [-0.3, -0.25) is 14.7 Å². The van der Waals surface area contributed by atoms with E-state index in [1.807, 2.05) is 0 Å². The number of hydrogen-bond donors (Lipinski definition) is 12. The smallest absolute Gasteiger partial charge is 0.131 e. The summed E-state index contributed by atoms with van der Waals surface area (Å²) in [6.45, 7) is -5.14. The number of ether oxygens (including phenoxy) is 1. The lowest BCUT2D eigenvalue weighted by atomic mass is 10.0. The molecule has 9 atom stereocenters. The molecule has 0 aromatic heterocycles. The van der Waals surface area contributed by atoms with Gasteiger partial charge in [0, 0.05) is 52.4 Å². The van der Waals surface area contributed by atoms with Crippen LogP contribution in [0.1, 0.15) is 5.56 Å². The monoisotopic (exact) mass is 900 g/mol. The average Bonchev–Trinajstić information content (AvgIpc) is 3.21. The van der Waals surface area contributed by atoms with Crippen molar-refractivity contribution in [1.29, 1.82) is 0 Å². The first-order chi connectivity index (χ1) is 29.1.